The lowest BCUT2D eigenvalue weighted by Crippen LogP contribution is -1.89. The van der Waals surface area contributed by atoms with Crippen molar-refractivity contribution in [2.45, 2.75) is 0 Å². The van der Waals surface area contributed by atoms with E-state index in [2.05, 4.69) is 15.0 Å². The summed E-state index contributed by atoms with van der Waals surface area (Å²) in [6.07, 6.45) is 2.24. The monoisotopic (exact) mass is 333 g/mol. The number of hydrogen-bond donors (Lipinski definition) is 1. The summed E-state index contributed by atoms with van der Waals surface area (Å²) in [6, 6.07) is 17.4. The van der Waals surface area contributed by atoms with Crippen LogP contribution in [-0.4, -0.2) is 21.2 Å². The van der Waals surface area contributed by atoms with E-state index in [1.54, 1.807) is 6.07 Å². The summed E-state index contributed by atoms with van der Waals surface area (Å²) in [4.78, 5) is 22.9. The maximum absolute atomic E-state index is 10.8. The van der Waals surface area contributed by atoms with Gasteiger partial charge < -0.3 is 4.98 Å². The number of nitrogens with zero attached hydrogens (tertiary/aromatic N) is 2. The molecular weight excluding hydrogens is 322 g/mol. The highest BCUT2D eigenvalue weighted by atomic mass is 35.5. The van der Waals surface area contributed by atoms with E-state index >= 15 is 0 Å². The van der Waals surface area contributed by atoms with Gasteiger partial charge in [-0.25, -0.2) is 4.98 Å². The number of imidazole rings is 1. The highest BCUT2D eigenvalue weighted by molar-refractivity contribution is 6.33. The summed E-state index contributed by atoms with van der Waals surface area (Å²) in [5.41, 5.74) is 4.92. The minimum Gasteiger partial charge on any atom is -0.338 e. The van der Waals surface area contributed by atoms with Gasteiger partial charge in [0.05, 0.1) is 21.7 Å². The number of benzene rings is 2. The zero-order valence-electron chi connectivity index (χ0n) is 12.5. The summed E-state index contributed by atoms with van der Waals surface area (Å²) in [5, 5.41) is 0.455. The van der Waals surface area contributed by atoms with Crippen molar-refractivity contribution in [3.05, 3.63) is 71.4 Å². The van der Waals surface area contributed by atoms with Crippen LogP contribution < -0.4 is 0 Å². The lowest BCUT2D eigenvalue weighted by molar-refractivity contribution is 0.112. The van der Waals surface area contributed by atoms with Crippen molar-refractivity contribution in [3.63, 3.8) is 0 Å². The maximum Gasteiger partial charge on any atom is 0.151 e. The third-order valence-corrected chi connectivity index (χ3v) is 4.11. The van der Waals surface area contributed by atoms with E-state index in [9.17, 15) is 4.79 Å². The van der Waals surface area contributed by atoms with Gasteiger partial charge in [0.25, 0.3) is 0 Å². The van der Waals surface area contributed by atoms with Crippen molar-refractivity contribution in [2.75, 3.05) is 0 Å². The Labute approximate surface area is 143 Å². The van der Waals surface area contributed by atoms with E-state index in [1.807, 2.05) is 48.5 Å². The number of aldehydes is 1. The fraction of sp³-hybridized carbons (Fsp3) is 0. The van der Waals surface area contributed by atoms with Gasteiger partial charge in [-0.1, -0.05) is 48.0 Å². The topological polar surface area (TPSA) is 58.6 Å². The Bertz CT molecular complexity index is 1010. The largest absolute Gasteiger partial charge is 0.338 e. The van der Waals surface area contributed by atoms with Gasteiger partial charge >= 0.3 is 0 Å². The molecular formula is C19H12ClN3O. The highest BCUT2D eigenvalue weighted by Gasteiger charge is 2.09. The first kappa shape index (κ1) is 14.6. The van der Waals surface area contributed by atoms with E-state index in [-0.39, 0.29) is 0 Å². The zero-order valence-corrected chi connectivity index (χ0v) is 13.3. The van der Waals surface area contributed by atoms with Crippen LogP contribution in [0.4, 0.5) is 0 Å². The molecule has 4 aromatic rings. The second-order valence-electron chi connectivity index (χ2n) is 5.40. The molecule has 116 valence electrons. The predicted octanol–water partition coefficient (Wildman–Crippen LogP) is 4.76. The van der Waals surface area contributed by atoms with Gasteiger partial charge in [-0.15, -0.1) is 0 Å². The lowest BCUT2D eigenvalue weighted by atomic mass is 10.1. The van der Waals surface area contributed by atoms with E-state index in [1.165, 1.54) is 6.20 Å². The standard InChI is InChI=1S/C19H12ClN3O/c20-15-9-12(11-24)10-21-18(15)13-5-7-14(8-6-13)19-22-16-3-1-2-4-17(16)23-19/h1-11H,(H,22,23). The Kier molecular flexibility index (Phi) is 3.59. The van der Waals surface area contributed by atoms with Crippen LogP contribution in [-0.2, 0) is 0 Å². The zero-order chi connectivity index (χ0) is 16.5. The summed E-state index contributed by atoms with van der Waals surface area (Å²) in [5.74, 6) is 0.818. The number of rotatable bonds is 3. The number of nitrogens with one attached hydrogen (secondary N) is 1. The summed E-state index contributed by atoms with van der Waals surface area (Å²) < 4.78 is 0. The van der Waals surface area contributed by atoms with Crippen LogP contribution in [0, 0.1) is 0 Å². The van der Waals surface area contributed by atoms with Crippen molar-refractivity contribution < 1.29 is 4.79 Å². The number of hydrogen-bond acceptors (Lipinski definition) is 3. The second kappa shape index (κ2) is 5.91. The van der Waals surface area contributed by atoms with Crippen molar-refractivity contribution in [1.82, 2.24) is 15.0 Å². The van der Waals surface area contributed by atoms with E-state index in [4.69, 9.17) is 11.6 Å². The molecule has 24 heavy (non-hydrogen) atoms. The normalized spacial score (nSPS) is 10.9. The molecule has 0 aliphatic rings. The first-order valence-electron chi connectivity index (χ1n) is 7.41. The second-order valence-corrected chi connectivity index (χ2v) is 5.80. The molecule has 4 rings (SSSR count). The molecule has 1 N–H and O–H groups in total. The molecule has 4 nitrogen and oxygen atoms in total. The third kappa shape index (κ3) is 2.57. The molecule has 0 unspecified atom stereocenters. The molecule has 0 saturated carbocycles. The lowest BCUT2D eigenvalue weighted by Gasteiger charge is -2.05. The highest BCUT2D eigenvalue weighted by Crippen LogP contribution is 2.28. The average Bonchev–Trinajstić information content (AvgIpc) is 3.06. The van der Waals surface area contributed by atoms with Crippen LogP contribution in [0.15, 0.2) is 60.8 Å². The quantitative estimate of drug-likeness (QED) is 0.550. The minimum atomic E-state index is 0.455. The Morgan fingerprint density at radius 2 is 1.75 bits per heavy atom. The van der Waals surface area contributed by atoms with E-state index < -0.39 is 0 Å². The average molecular weight is 334 g/mol. The first-order valence-corrected chi connectivity index (χ1v) is 7.79. The molecule has 2 aromatic heterocycles. The number of carbonyl (C=O) groups excluding carboxylic acids is 1. The third-order valence-electron chi connectivity index (χ3n) is 3.82. The van der Waals surface area contributed by atoms with Gasteiger partial charge in [0.1, 0.15) is 5.82 Å². The molecule has 0 radical (unpaired) electrons. The molecule has 2 aromatic carbocycles. The van der Waals surface area contributed by atoms with Crippen LogP contribution in [0.25, 0.3) is 33.7 Å². The van der Waals surface area contributed by atoms with Crippen molar-refractivity contribution in [2.24, 2.45) is 0 Å². The van der Waals surface area contributed by atoms with Crippen molar-refractivity contribution >= 4 is 28.9 Å². The van der Waals surface area contributed by atoms with Gasteiger partial charge in [-0.2, -0.15) is 0 Å². The minimum absolute atomic E-state index is 0.455. The molecule has 0 fully saturated rings. The van der Waals surface area contributed by atoms with Crippen molar-refractivity contribution in [1.29, 1.82) is 0 Å². The number of aromatic amines is 1. The van der Waals surface area contributed by atoms with Crippen LogP contribution in [0.3, 0.4) is 0 Å². The number of aromatic nitrogens is 3. The predicted molar refractivity (Wildman–Crippen MR) is 95.2 cm³/mol. The Morgan fingerprint density at radius 1 is 1.00 bits per heavy atom. The molecule has 0 atom stereocenters. The number of halogens is 1. The molecule has 2 heterocycles. The van der Waals surface area contributed by atoms with Crippen LogP contribution in [0.2, 0.25) is 5.02 Å². The van der Waals surface area contributed by atoms with Gasteiger partial charge in [-0.3, -0.25) is 9.78 Å². The maximum atomic E-state index is 10.8. The van der Waals surface area contributed by atoms with E-state index in [0.717, 1.165) is 34.3 Å². The number of H-pyrrole nitrogens is 1. The molecule has 0 amide bonds. The molecule has 0 spiro atoms. The molecule has 0 aliphatic heterocycles. The summed E-state index contributed by atoms with van der Waals surface area (Å²) >= 11 is 6.21. The number of carbonyl (C=O) groups is 1. The van der Waals surface area contributed by atoms with Gasteiger partial charge in [-0.05, 0) is 18.2 Å². The van der Waals surface area contributed by atoms with Crippen molar-refractivity contribution in [3.8, 4) is 22.6 Å². The molecule has 0 saturated heterocycles. The van der Waals surface area contributed by atoms with Gasteiger partial charge in [0.15, 0.2) is 6.29 Å². The Hall–Kier alpha value is -2.98. The molecule has 5 heteroatoms. The van der Waals surface area contributed by atoms with Crippen LogP contribution in [0.5, 0.6) is 0 Å². The fourth-order valence-electron chi connectivity index (χ4n) is 2.61. The van der Waals surface area contributed by atoms with E-state index in [0.29, 0.717) is 16.3 Å². The Morgan fingerprint density at radius 3 is 2.46 bits per heavy atom. The van der Waals surface area contributed by atoms with Crippen LogP contribution >= 0.6 is 11.6 Å². The number of pyridine rings is 1. The van der Waals surface area contributed by atoms with Crippen LogP contribution in [0.1, 0.15) is 10.4 Å². The number of para-hydroxylation sites is 2. The molecule has 0 bridgehead atoms. The first-order chi connectivity index (χ1) is 11.7. The van der Waals surface area contributed by atoms with Gasteiger partial charge in [0, 0.05) is 22.9 Å². The SMILES string of the molecule is O=Cc1cnc(-c2ccc(-c3nc4ccccc4[nH]3)cc2)c(Cl)c1. The number of fused-ring (bicyclic) bond motifs is 1. The Balaban J connectivity index is 1.71. The fourth-order valence-corrected chi connectivity index (χ4v) is 2.89. The van der Waals surface area contributed by atoms with Gasteiger partial charge in [0.2, 0.25) is 0 Å². The molecule has 0 aliphatic carbocycles. The summed E-state index contributed by atoms with van der Waals surface area (Å²) in [7, 11) is 0. The smallest absolute Gasteiger partial charge is 0.151 e. The summed E-state index contributed by atoms with van der Waals surface area (Å²) in [6.45, 7) is 0.